The smallest absolute Gasteiger partial charge is 0.161 e. The van der Waals surface area contributed by atoms with E-state index in [0.29, 0.717) is 18.8 Å². The van der Waals surface area contributed by atoms with Crippen molar-refractivity contribution in [2.45, 2.75) is 59.2 Å². The Morgan fingerprint density at radius 1 is 1.14 bits per heavy atom. The molecule has 0 aliphatic rings. The minimum absolute atomic E-state index is 0.0756. The van der Waals surface area contributed by atoms with Gasteiger partial charge in [0.1, 0.15) is 6.61 Å². The molecule has 4 nitrogen and oxygen atoms in total. The third kappa shape index (κ3) is 6.82. The van der Waals surface area contributed by atoms with Crippen molar-refractivity contribution in [3.63, 3.8) is 0 Å². The Morgan fingerprint density at radius 3 is 2.43 bits per heavy atom. The van der Waals surface area contributed by atoms with Crippen LogP contribution in [-0.4, -0.2) is 30.0 Å². The van der Waals surface area contributed by atoms with E-state index >= 15 is 0 Å². The van der Waals surface area contributed by atoms with Crippen molar-refractivity contribution in [2.75, 3.05) is 13.2 Å². The van der Waals surface area contributed by atoms with Gasteiger partial charge in [-0.1, -0.05) is 13.0 Å². The average molecular weight is 295 g/mol. The molecule has 0 fully saturated rings. The molecule has 2 N–H and O–H groups in total. The molecule has 1 atom stereocenters. The molecule has 0 aliphatic heterocycles. The van der Waals surface area contributed by atoms with Gasteiger partial charge in [0.2, 0.25) is 0 Å². The summed E-state index contributed by atoms with van der Waals surface area (Å²) in [4.78, 5) is 0. The van der Waals surface area contributed by atoms with Gasteiger partial charge in [0.05, 0.1) is 12.7 Å². The van der Waals surface area contributed by atoms with E-state index in [0.717, 1.165) is 17.9 Å². The number of hydrogen-bond donors (Lipinski definition) is 2. The van der Waals surface area contributed by atoms with Crippen molar-refractivity contribution in [2.24, 2.45) is 0 Å². The van der Waals surface area contributed by atoms with Gasteiger partial charge in [-0.2, -0.15) is 0 Å². The summed E-state index contributed by atoms with van der Waals surface area (Å²) in [6.07, 6.45) is 0.235. The third-order valence-corrected chi connectivity index (χ3v) is 3.03. The lowest BCUT2D eigenvalue weighted by atomic mass is 10.1. The van der Waals surface area contributed by atoms with Crippen molar-refractivity contribution in [1.82, 2.24) is 5.32 Å². The summed E-state index contributed by atoms with van der Waals surface area (Å²) in [6, 6.07) is 5.93. The molecule has 4 heteroatoms. The standard InChI is InChI=1S/C17H29NO3/c1-6-14(19)12-21-15-9-8-13(10-16(15)20-7-2)11-18-17(3,4)5/h8-10,14,18-19H,6-7,11-12H2,1-5H3. The maximum Gasteiger partial charge on any atom is 0.161 e. The van der Waals surface area contributed by atoms with E-state index < -0.39 is 6.10 Å². The van der Waals surface area contributed by atoms with Crippen molar-refractivity contribution in [3.05, 3.63) is 23.8 Å². The van der Waals surface area contributed by atoms with Gasteiger partial charge in [-0.05, 0) is 51.8 Å². The zero-order valence-corrected chi connectivity index (χ0v) is 13.9. The maximum absolute atomic E-state index is 9.59. The molecule has 1 rings (SSSR count). The predicted octanol–water partition coefficient (Wildman–Crippen LogP) is 3.12. The Morgan fingerprint density at radius 2 is 1.86 bits per heavy atom. The highest BCUT2D eigenvalue weighted by atomic mass is 16.5. The summed E-state index contributed by atoms with van der Waals surface area (Å²) in [5, 5.41) is 13.0. The lowest BCUT2D eigenvalue weighted by molar-refractivity contribution is 0.102. The minimum atomic E-state index is -0.443. The number of aliphatic hydroxyl groups is 1. The van der Waals surface area contributed by atoms with Gasteiger partial charge in [0.25, 0.3) is 0 Å². The number of ether oxygens (including phenoxy) is 2. The first-order chi connectivity index (χ1) is 9.85. The van der Waals surface area contributed by atoms with Crippen molar-refractivity contribution >= 4 is 0 Å². The summed E-state index contributed by atoms with van der Waals surface area (Å²) in [6.45, 7) is 11.9. The van der Waals surface area contributed by atoms with Crippen LogP contribution in [0.3, 0.4) is 0 Å². The topological polar surface area (TPSA) is 50.7 Å². The largest absolute Gasteiger partial charge is 0.490 e. The molecule has 0 radical (unpaired) electrons. The highest BCUT2D eigenvalue weighted by molar-refractivity contribution is 5.43. The SMILES string of the molecule is CCOc1cc(CNC(C)(C)C)ccc1OCC(O)CC. The van der Waals surface area contributed by atoms with Crippen LogP contribution in [0.15, 0.2) is 18.2 Å². The predicted molar refractivity (Wildman–Crippen MR) is 86.0 cm³/mol. The molecule has 0 saturated heterocycles. The molecule has 1 aromatic carbocycles. The quantitative estimate of drug-likeness (QED) is 0.773. The second kappa shape index (κ2) is 8.25. The lowest BCUT2D eigenvalue weighted by Gasteiger charge is -2.21. The monoisotopic (exact) mass is 295 g/mol. The second-order valence-electron chi connectivity index (χ2n) is 6.19. The van der Waals surface area contributed by atoms with Crippen LogP contribution in [-0.2, 0) is 6.54 Å². The molecular formula is C17H29NO3. The Bertz CT molecular complexity index is 427. The van der Waals surface area contributed by atoms with E-state index in [2.05, 4.69) is 26.1 Å². The number of benzene rings is 1. The number of nitrogens with one attached hydrogen (secondary N) is 1. The van der Waals surface area contributed by atoms with Gasteiger partial charge in [-0.25, -0.2) is 0 Å². The molecule has 0 bridgehead atoms. The van der Waals surface area contributed by atoms with Crippen LogP contribution >= 0.6 is 0 Å². The van der Waals surface area contributed by atoms with Crippen molar-refractivity contribution in [3.8, 4) is 11.5 Å². The van der Waals surface area contributed by atoms with Crippen LogP contribution in [0.5, 0.6) is 11.5 Å². The molecule has 0 spiro atoms. The average Bonchev–Trinajstić information content (AvgIpc) is 2.43. The van der Waals surface area contributed by atoms with Crippen LogP contribution in [0.25, 0.3) is 0 Å². The molecule has 0 aromatic heterocycles. The summed E-state index contributed by atoms with van der Waals surface area (Å²) in [5.41, 5.74) is 1.23. The highest BCUT2D eigenvalue weighted by Crippen LogP contribution is 2.29. The van der Waals surface area contributed by atoms with Crippen molar-refractivity contribution in [1.29, 1.82) is 0 Å². The van der Waals surface area contributed by atoms with Gasteiger partial charge >= 0.3 is 0 Å². The fourth-order valence-corrected chi connectivity index (χ4v) is 1.72. The zero-order valence-electron chi connectivity index (χ0n) is 13.9. The summed E-state index contributed by atoms with van der Waals surface area (Å²) in [7, 11) is 0. The maximum atomic E-state index is 9.59. The van der Waals surface area contributed by atoms with Gasteiger partial charge in [-0.15, -0.1) is 0 Å². The van der Waals surface area contributed by atoms with Crippen LogP contribution in [0.1, 0.15) is 46.6 Å². The van der Waals surface area contributed by atoms with E-state index in [-0.39, 0.29) is 12.1 Å². The molecular weight excluding hydrogens is 266 g/mol. The first kappa shape index (κ1) is 17.8. The van der Waals surface area contributed by atoms with E-state index in [1.54, 1.807) is 0 Å². The first-order valence-corrected chi connectivity index (χ1v) is 7.67. The van der Waals surface area contributed by atoms with E-state index in [1.807, 2.05) is 32.0 Å². The van der Waals surface area contributed by atoms with Crippen LogP contribution in [0.4, 0.5) is 0 Å². The summed E-state index contributed by atoms with van der Waals surface area (Å²) < 4.78 is 11.3. The summed E-state index contributed by atoms with van der Waals surface area (Å²) in [5.74, 6) is 1.41. The molecule has 0 aliphatic carbocycles. The Kier molecular flexibility index (Phi) is 6.99. The van der Waals surface area contributed by atoms with Crippen LogP contribution in [0, 0.1) is 0 Å². The van der Waals surface area contributed by atoms with E-state index in [1.165, 1.54) is 0 Å². The van der Waals surface area contributed by atoms with Gasteiger partial charge in [-0.3, -0.25) is 0 Å². The first-order valence-electron chi connectivity index (χ1n) is 7.67. The van der Waals surface area contributed by atoms with Gasteiger partial charge < -0.3 is 19.9 Å². The molecule has 0 saturated carbocycles. The van der Waals surface area contributed by atoms with Crippen molar-refractivity contribution < 1.29 is 14.6 Å². The number of rotatable bonds is 8. The van der Waals surface area contributed by atoms with Gasteiger partial charge in [0.15, 0.2) is 11.5 Å². The van der Waals surface area contributed by atoms with Gasteiger partial charge in [0, 0.05) is 12.1 Å². The second-order valence-corrected chi connectivity index (χ2v) is 6.19. The zero-order chi connectivity index (χ0) is 15.9. The normalized spacial score (nSPS) is 13.0. The Balaban J connectivity index is 2.76. The fraction of sp³-hybridized carbons (Fsp3) is 0.647. The molecule has 0 amide bonds. The Labute approximate surface area is 128 Å². The van der Waals surface area contributed by atoms with E-state index in [4.69, 9.17) is 9.47 Å². The van der Waals surface area contributed by atoms with E-state index in [9.17, 15) is 5.11 Å². The molecule has 0 heterocycles. The Hall–Kier alpha value is -1.26. The fourth-order valence-electron chi connectivity index (χ4n) is 1.72. The summed E-state index contributed by atoms with van der Waals surface area (Å²) >= 11 is 0. The molecule has 1 aromatic rings. The van der Waals surface area contributed by atoms with Crippen LogP contribution in [0.2, 0.25) is 0 Å². The minimum Gasteiger partial charge on any atom is -0.490 e. The molecule has 120 valence electrons. The number of aliphatic hydroxyl groups excluding tert-OH is 1. The van der Waals surface area contributed by atoms with Crippen LogP contribution < -0.4 is 14.8 Å². The highest BCUT2D eigenvalue weighted by Gasteiger charge is 2.12. The third-order valence-electron chi connectivity index (χ3n) is 3.03. The molecule has 21 heavy (non-hydrogen) atoms. The molecule has 1 unspecified atom stereocenters. The lowest BCUT2D eigenvalue weighted by Crippen LogP contribution is -2.35. The number of hydrogen-bond acceptors (Lipinski definition) is 4.